The topological polar surface area (TPSA) is 21.3 Å². The molecule has 0 aliphatic carbocycles. The third-order valence-electron chi connectivity index (χ3n) is 2.43. The van der Waals surface area contributed by atoms with Crippen LogP contribution < -0.4 is 5.32 Å². The molecule has 0 aromatic heterocycles. The van der Waals surface area contributed by atoms with Gasteiger partial charge in [0, 0.05) is 6.04 Å². The molecule has 11 heavy (non-hydrogen) atoms. The summed E-state index contributed by atoms with van der Waals surface area (Å²) in [6.45, 7) is 9.57. The Morgan fingerprint density at radius 2 is 1.82 bits per heavy atom. The van der Waals surface area contributed by atoms with Crippen LogP contribution in [0.3, 0.4) is 0 Å². The van der Waals surface area contributed by atoms with Gasteiger partial charge in [-0.3, -0.25) is 0 Å². The minimum atomic E-state index is 0.661. The highest BCUT2D eigenvalue weighted by molar-refractivity contribution is 4.81. The first-order valence-corrected chi connectivity index (χ1v) is 4.56. The van der Waals surface area contributed by atoms with E-state index in [9.17, 15) is 0 Å². The second-order valence-corrected chi connectivity index (χ2v) is 3.58. The van der Waals surface area contributed by atoms with Gasteiger partial charge in [0.1, 0.15) is 0 Å². The van der Waals surface area contributed by atoms with E-state index in [-0.39, 0.29) is 0 Å². The van der Waals surface area contributed by atoms with Crippen LogP contribution in [-0.2, 0) is 4.74 Å². The molecule has 1 fully saturated rings. The predicted molar refractivity (Wildman–Crippen MR) is 46.6 cm³/mol. The van der Waals surface area contributed by atoms with Gasteiger partial charge >= 0.3 is 0 Å². The molecule has 0 spiro atoms. The Bertz CT molecular complexity index is 106. The van der Waals surface area contributed by atoms with Crippen LogP contribution in [0.5, 0.6) is 0 Å². The zero-order valence-corrected chi connectivity index (χ0v) is 7.76. The monoisotopic (exact) mass is 157 g/mol. The molecule has 0 aromatic carbocycles. The van der Waals surface area contributed by atoms with Gasteiger partial charge in [-0.15, -0.1) is 0 Å². The first-order chi connectivity index (χ1) is 5.25. The first-order valence-electron chi connectivity index (χ1n) is 4.56. The van der Waals surface area contributed by atoms with Gasteiger partial charge in [-0.1, -0.05) is 20.8 Å². The summed E-state index contributed by atoms with van der Waals surface area (Å²) in [6, 6.07) is 0.661. The molecule has 1 N–H and O–H groups in total. The van der Waals surface area contributed by atoms with E-state index in [0.29, 0.717) is 17.9 Å². The summed E-state index contributed by atoms with van der Waals surface area (Å²) >= 11 is 0. The van der Waals surface area contributed by atoms with Gasteiger partial charge in [-0.25, -0.2) is 0 Å². The van der Waals surface area contributed by atoms with Crippen LogP contribution in [0.2, 0.25) is 0 Å². The molecule has 0 saturated carbocycles. The lowest BCUT2D eigenvalue weighted by Gasteiger charge is -2.34. The van der Waals surface area contributed by atoms with Crippen LogP contribution in [0.4, 0.5) is 0 Å². The van der Waals surface area contributed by atoms with Crippen molar-refractivity contribution in [1.82, 2.24) is 5.32 Å². The molecule has 0 bridgehead atoms. The lowest BCUT2D eigenvalue weighted by molar-refractivity contribution is 0.00255. The molecule has 0 amide bonds. The van der Waals surface area contributed by atoms with E-state index in [1.807, 2.05) is 0 Å². The summed E-state index contributed by atoms with van der Waals surface area (Å²) in [5, 5.41) is 3.50. The molecule has 2 atom stereocenters. The van der Waals surface area contributed by atoms with Crippen LogP contribution in [-0.4, -0.2) is 25.8 Å². The van der Waals surface area contributed by atoms with Gasteiger partial charge in [-0.2, -0.15) is 0 Å². The van der Waals surface area contributed by atoms with Crippen molar-refractivity contribution in [3.8, 4) is 0 Å². The molecule has 2 heteroatoms. The Morgan fingerprint density at radius 3 is 2.27 bits per heavy atom. The van der Waals surface area contributed by atoms with Crippen LogP contribution >= 0.6 is 0 Å². The van der Waals surface area contributed by atoms with Gasteiger partial charge in [0.05, 0.1) is 13.2 Å². The van der Waals surface area contributed by atoms with Gasteiger partial charge in [0.15, 0.2) is 0 Å². The molecular formula is C9H19NO. The van der Waals surface area contributed by atoms with E-state index in [0.717, 1.165) is 19.8 Å². The zero-order chi connectivity index (χ0) is 8.27. The Hall–Kier alpha value is -0.0800. The van der Waals surface area contributed by atoms with Gasteiger partial charge in [-0.05, 0) is 18.4 Å². The zero-order valence-electron chi connectivity index (χ0n) is 7.76. The molecular weight excluding hydrogens is 138 g/mol. The molecule has 1 heterocycles. The van der Waals surface area contributed by atoms with Crippen LogP contribution in [0.1, 0.15) is 20.8 Å². The minimum absolute atomic E-state index is 0.661. The highest BCUT2D eigenvalue weighted by atomic mass is 16.5. The highest BCUT2D eigenvalue weighted by Gasteiger charge is 2.26. The third-order valence-corrected chi connectivity index (χ3v) is 2.43. The van der Waals surface area contributed by atoms with E-state index < -0.39 is 0 Å². The van der Waals surface area contributed by atoms with Crippen molar-refractivity contribution in [2.75, 3.05) is 19.8 Å². The van der Waals surface area contributed by atoms with Crippen molar-refractivity contribution in [2.45, 2.75) is 26.8 Å². The molecule has 2 nitrogen and oxygen atoms in total. The first kappa shape index (κ1) is 9.01. The lowest BCUT2D eigenvalue weighted by atomic mass is 9.89. The molecule has 66 valence electrons. The van der Waals surface area contributed by atoms with Crippen molar-refractivity contribution in [2.24, 2.45) is 11.8 Å². The SMILES string of the molecule is CCNC1C(C)COCC1C. The summed E-state index contributed by atoms with van der Waals surface area (Å²) in [5.74, 6) is 1.33. The van der Waals surface area contributed by atoms with Gasteiger partial charge in [0.2, 0.25) is 0 Å². The number of rotatable bonds is 2. The van der Waals surface area contributed by atoms with Crippen molar-refractivity contribution in [3.05, 3.63) is 0 Å². The summed E-state index contributed by atoms with van der Waals surface area (Å²) in [4.78, 5) is 0. The molecule has 1 rings (SSSR count). The minimum Gasteiger partial charge on any atom is -0.381 e. The van der Waals surface area contributed by atoms with Crippen molar-refractivity contribution in [1.29, 1.82) is 0 Å². The summed E-state index contributed by atoms with van der Waals surface area (Å²) < 4.78 is 5.43. The average molecular weight is 157 g/mol. The summed E-state index contributed by atoms with van der Waals surface area (Å²) in [6.07, 6.45) is 0. The standard InChI is InChI=1S/C9H19NO/c1-4-10-9-7(2)5-11-6-8(9)3/h7-10H,4-6H2,1-3H3. The maximum atomic E-state index is 5.43. The smallest absolute Gasteiger partial charge is 0.0506 e. The van der Waals surface area contributed by atoms with Gasteiger partial charge in [0.25, 0.3) is 0 Å². The maximum Gasteiger partial charge on any atom is 0.0506 e. The van der Waals surface area contributed by atoms with E-state index >= 15 is 0 Å². The number of nitrogens with one attached hydrogen (secondary N) is 1. The Balaban J connectivity index is 2.41. The normalized spacial score (nSPS) is 39.0. The average Bonchev–Trinajstić information content (AvgIpc) is 1.97. The second kappa shape index (κ2) is 4.07. The Kier molecular flexibility index (Phi) is 3.34. The van der Waals surface area contributed by atoms with Crippen molar-refractivity contribution >= 4 is 0 Å². The fourth-order valence-corrected chi connectivity index (χ4v) is 1.85. The number of hydrogen-bond acceptors (Lipinski definition) is 2. The summed E-state index contributed by atoms with van der Waals surface area (Å²) in [5.41, 5.74) is 0. The highest BCUT2D eigenvalue weighted by Crippen LogP contribution is 2.19. The largest absolute Gasteiger partial charge is 0.381 e. The van der Waals surface area contributed by atoms with Crippen molar-refractivity contribution in [3.63, 3.8) is 0 Å². The van der Waals surface area contributed by atoms with E-state index in [1.165, 1.54) is 0 Å². The second-order valence-electron chi connectivity index (χ2n) is 3.58. The maximum absolute atomic E-state index is 5.43. The van der Waals surface area contributed by atoms with Crippen LogP contribution in [0.15, 0.2) is 0 Å². The van der Waals surface area contributed by atoms with Gasteiger partial charge < -0.3 is 10.1 Å². The van der Waals surface area contributed by atoms with Crippen LogP contribution in [0.25, 0.3) is 0 Å². The molecule has 1 aliphatic heterocycles. The van der Waals surface area contributed by atoms with E-state index in [4.69, 9.17) is 4.74 Å². The molecule has 0 radical (unpaired) electrons. The molecule has 1 aliphatic rings. The number of ether oxygens (including phenoxy) is 1. The quantitative estimate of drug-likeness (QED) is 0.651. The predicted octanol–water partition coefficient (Wildman–Crippen LogP) is 1.27. The fraction of sp³-hybridized carbons (Fsp3) is 1.00. The van der Waals surface area contributed by atoms with E-state index in [1.54, 1.807) is 0 Å². The fourth-order valence-electron chi connectivity index (χ4n) is 1.85. The molecule has 0 aromatic rings. The van der Waals surface area contributed by atoms with E-state index in [2.05, 4.69) is 26.1 Å². The lowest BCUT2D eigenvalue weighted by Crippen LogP contribution is -2.47. The Morgan fingerprint density at radius 1 is 1.27 bits per heavy atom. The molecule has 2 unspecified atom stereocenters. The van der Waals surface area contributed by atoms with Crippen molar-refractivity contribution < 1.29 is 4.74 Å². The molecule has 1 saturated heterocycles. The summed E-state index contributed by atoms with van der Waals surface area (Å²) in [7, 11) is 0. The Labute approximate surface area is 69.3 Å². The van der Waals surface area contributed by atoms with Crippen LogP contribution in [0, 0.1) is 11.8 Å². The number of hydrogen-bond donors (Lipinski definition) is 1. The third kappa shape index (κ3) is 2.17.